The molecule has 0 fully saturated rings. The third-order valence-corrected chi connectivity index (χ3v) is 11.2. The van der Waals surface area contributed by atoms with E-state index in [1.807, 2.05) is 88.3 Å². The number of nitrogens with zero attached hydrogens (tertiary/aromatic N) is 5. The topological polar surface area (TPSA) is 46.0 Å². The molecule has 62 heavy (non-hydrogen) atoms. The molecular formula is C55H45N5OPt+2. The van der Waals surface area contributed by atoms with Gasteiger partial charge in [0.15, 0.2) is 0 Å². The van der Waals surface area contributed by atoms with Gasteiger partial charge in [0, 0.05) is 46.2 Å². The van der Waals surface area contributed by atoms with E-state index in [0.29, 0.717) is 28.4 Å². The molecule has 10 rings (SSSR count). The standard InChI is InChI=1S/C55H45N5O.Pt/c1-35-16-18-39(19-17-35)45-12-8-9-13-48(45)59-34-58(49-14-10-11-15-50(49)59)42-28-40(54-37(3)26-36(2)27-38(54)4)29-44(31-42)61-43-20-21-46-47-23-24-56-33-52(47)60(51(46)32-43)53-30-41(22-25-57-53)55(5,6)7;/h8-30,33H,1-7H3;/q;+2/i1D3,16D,17D,18D,19D;. The van der Waals surface area contributed by atoms with Crippen LogP contribution in [0, 0.1) is 39.8 Å². The van der Waals surface area contributed by atoms with Crippen LogP contribution in [0.3, 0.4) is 0 Å². The van der Waals surface area contributed by atoms with Gasteiger partial charge in [-0.1, -0.05) is 115 Å². The molecule has 0 unspecified atom stereocenters. The largest absolute Gasteiger partial charge is 2.00 e. The Hall–Kier alpha value is -6.71. The van der Waals surface area contributed by atoms with Gasteiger partial charge in [0.2, 0.25) is 5.69 Å². The Balaban J connectivity index is 0.00000593. The van der Waals surface area contributed by atoms with Crippen molar-refractivity contribution in [3.05, 3.63) is 186 Å². The van der Waals surface area contributed by atoms with Gasteiger partial charge in [-0.05, 0) is 95.1 Å². The quantitative estimate of drug-likeness (QED) is 0.118. The van der Waals surface area contributed by atoms with Crippen LogP contribution in [0.25, 0.3) is 49.9 Å². The molecule has 4 heterocycles. The summed E-state index contributed by atoms with van der Waals surface area (Å²) in [7, 11) is 0. The molecule has 3 aromatic heterocycles. The van der Waals surface area contributed by atoms with Crippen LogP contribution in [-0.4, -0.2) is 20.5 Å². The van der Waals surface area contributed by atoms with Crippen molar-refractivity contribution in [2.24, 2.45) is 0 Å². The van der Waals surface area contributed by atoms with E-state index < -0.39 is 36.6 Å². The van der Waals surface area contributed by atoms with Gasteiger partial charge in [0.25, 0.3) is 11.4 Å². The van der Waals surface area contributed by atoms with Gasteiger partial charge in [-0.3, -0.25) is 4.98 Å². The van der Waals surface area contributed by atoms with Crippen LogP contribution in [0.5, 0.6) is 11.5 Å². The molecule has 0 saturated carbocycles. The Morgan fingerprint density at radius 2 is 1.44 bits per heavy atom. The molecule has 1 aliphatic heterocycles. The van der Waals surface area contributed by atoms with Crippen molar-refractivity contribution >= 4 is 50.6 Å². The average Bonchev–Trinajstić information content (AvgIpc) is 3.84. The van der Waals surface area contributed by atoms with Gasteiger partial charge in [0.05, 0.1) is 22.8 Å². The SMILES string of the molecule is [2H]c1c([2H])c(C([2H])([2H])[2H])c([2H])c([2H])c1-c1ccccc1[N+]1=C=[N+](c2[c-]c(Oc3[c-]c4c(cc3)c3ccncc3n4-c3cc(C(C)(C)C)ccn3)cc(-c3c(C)cc(C)cc3C)c2)c2ccccc21.[Pt+2]. The van der Waals surface area contributed by atoms with E-state index in [9.17, 15) is 0 Å². The van der Waals surface area contributed by atoms with E-state index in [1.54, 1.807) is 18.3 Å². The molecule has 0 aliphatic carbocycles. The number of benzene rings is 6. The number of para-hydroxylation sites is 3. The maximum atomic E-state index is 8.99. The number of rotatable bonds is 7. The van der Waals surface area contributed by atoms with Crippen LogP contribution in [-0.2, 0) is 26.5 Å². The zero-order chi connectivity index (χ0) is 48.0. The molecule has 0 amide bonds. The number of pyridine rings is 2. The van der Waals surface area contributed by atoms with Crippen molar-refractivity contribution < 1.29 is 35.4 Å². The Kier molecular flexibility index (Phi) is 8.49. The summed E-state index contributed by atoms with van der Waals surface area (Å²) >= 11 is 0. The smallest absolute Gasteiger partial charge is 0.509 e. The zero-order valence-corrected chi connectivity index (χ0v) is 37.3. The predicted molar refractivity (Wildman–Crippen MR) is 250 cm³/mol. The van der Waals surface area contributed by atoms with Crippen molar-refractivity contribution in [2.75, 3.05) is 0 Å². The first-order valence-electron chi connectivity index (χ1n) is 23.7. The monoisotopic (exact) mass is 993 g/mol. The minimum Gasteiger partial charge on any atom is -0.509 e. The Labute approximate surface area is 387 Å². The van der Waals surface area contributed by atoms with E-state index in [2.05, 4.69) is 93.5 Å². The third-order valence-electron chi connectivity index (χ3n) is 11.2. The van der Waals surface area contributed by atoms with E-state index in [4.69, 9.17) is 19.3 Å². The van der Waals surface area contributed by atoms with E-state index >= 15 is 0 Å². The molecule has 1 aliphatic rings. The average molecular weight is 994 g/mol. The maximum absolute atomic E-state index is 8.99. The minimum atomic E-state index is -2.84. The first-order chi connectivity index (χ1) is 32.4. The second-order valence-corrected chi connectivity index (χ2v) is 16.5. The number of hydrogen-bond donors (Lipinski definition) is 0. The van der Waals surface area contributed by atoms with Crippen LogP contribution in [0.15, 0.2) is 146 Å². The van der Waals surface area contributed by atoms with Crippen LogP contribution in [0.4, 0.5) is 22.7 Å². The van der Waals surface area contributed by atoms with Crippen LogP contribution >= 0.6 is 0 Å². The summed E-state index contributed by atoms with van der Waals surface area (Å²) in [5.74, 6) is 1.64. The third kappa shape index (κ3) is 7.30. The zero-order valence-electron chi connectivity index (χ0n) is 42.0. The summed E-state index contributed by atoms with van der Waals surface area (Å²) < 4.78 is 71.9. The van der Waals surface area contributed by atoms with Crippen LogP contribution in [0.2, 0.25) is 0 Å². The number of aryl methyl sites for hydroxylation is 3. The van der Waals surface area contributed by atoms with Gasteiger partial charge >= 0.3 is 27.1 Å². The number of fused-ring (bicyclic) bond motifs is 4. The van der Waals surface area contributed by atoms with Crippen LogP contribution < -0.4 is 13.9 Å². The molecule has 0 atom stereocenters. The van der Waals surface area contributed by atoms with E-state index in [-0.39, 0.29) is 32.0 Å². The summed E-state index contributed by atoms with van der Waals surface area (Å²) in [6.07, 6.45) is 5.47. The van der Waals surface area contributed by atoms with Crippen LogP contribution in [0.1, 0.15) is 58.2 Å². The molecule has 0 N–H and O–H groups in total. The Morgan fingerprint density at radius 1 is 0.710 bits per heavy atom. The molecule has 304 valence electrons. The maximum Gasteiger partial charge on any atom is 2.00 e. The summed E-state index contributed by atoms with van der Waals surface area (Å²) in [6.45, 7) is 9.98. The fourth-order valence-corrected chi connectivity index (χ4v) is 8.42. The van der Waals surface area contributed by atoms with E-state index in [0.717, 1.165) is 72.4 Å². The molecule has 0 spiro atoms. The van der Waals surface area contributed by atoms with Crippen molar-refractivity contribution in [2.45, 2.75) is 53.8 Å². The predicted octanol–water partition coefficient (Wildman–Crippen LogP) is 13.7. The molecule has 9 aromatic rings. The van der Waals surface area contributed by atoms with Gasteiger partial charge in [-0.2, -0.15) is 6.07 Å². The van der Waals surface area contributed by atoms with Crippen molar-refractivity contribution in [1.29, 1.82) is 0 Å². The summed E-state index contributed by atoms with van der Waals surface area (Å²) in [4.78, 5) is 9.31. The molecular weight excluding hydrogens is 942 g/mol. The molecule has 0 saturated heterocycles. The van der Waals surface area contributed by atoms with Crippen molar-refractivity contribution in [1.82, 2.24) is 23.7 Å². The molecule has 6 nitrogen and oxygen atoms in total. The van der Waals surface area contributed by atoms with Crippen molar-refractivity contribution in [3.8, 4) is 39.6 Å². The second kappa shape index (κ2) is 16.0. The summed E-state index contributed by atoms with van der Waals surface area (Å²) in [5.41, 5.74) is 10.3. The normalized spacial score (nSPS) is 14.1. The summed E-state index contributed by atoms with van der Waals surface area (Å²) in [6, 6.07) is 41.9. The molecule has 0 bridgehead atoms. The van der Waals surface area contributed by atoms with Gasteiger partial charge in [-0.15, -0.1) is 29.1 Å². The number of ether oxygens (including phenoxy) is 1. The number of hydrogen-bond acceptors (Lipinski definition) is 3. The Morgan fingerprint density at radius 3 is 2.18 bits per heavy atom. The minimum absolute atomic E-state index is 0. The van der Waals surface area contributed by atoms with Gasteiger partial charge in [-0.25, -0.2) is 4.98 Å². The molecule has 6 aromatic carbocycles. The second-order valence-electron chi connectivity index (χ2n) is 16.5. The molecule has 0 radical (unpaired) electrons. The van der Waals surface area contributed by atoms with Gasteiger partial charge < -0.3 is 9.30 Å². The fraction of sp³-hybridized carbons (Fsp3) is 0.145. The molecule has 7 heteroatoms. The first-order valence-corrected chi connectivity index (χ1v) is 20.2. The fourth-order valence-electron chi connectivity index (χ4n) is 8.42. The summed E-state index contributed by atoms with van der Waals surface area (Å²) in [5, 5.41) is 1.99. The van der Waals surface area contributed by atoms with Gasteiger partial charge in [0.1, 0.15) is 11.5 Å². The van der Waals surface area contributed by atoms with Crippen molar-refractivity contribution in [3.63, 3.8) is 0 Å². The first kappa shape index (κ1) is 33.0. The Bertz CT molecular complexity index is 3610. The number of aromatic nitrogens is 3. The van der Waals surface area contributed by atoms with E-state index in [1.165, 1.54) is 0 Å².